The number of rotatable bonds is 3. The molecule has 0 bridgehead atoms. The fourth-order valence-corrected chi connectivity index (χ4v) is 2.80. The molecule has 1 heterocycles. The van der Waals surface area contributed by atoms with E-state index in [4.69, 9.17) is 11.6 Å². The molecule has 0 spiro atoms. The van der Waals surface area contributed by atoms with Gasteiger partial charge in [-0.2, -0.15) is 0 Å². The highest BCUT2D eigenvalue weighted by Gasteiger charge is 2.22. The van der Waals surface area contributed by atoms with E-state index in [1.807, 2.05) is 17.0 Å². The van der Waals surface area contributed by atoms with Gasteiger partial charge in [-0.05, 0) is 37.0 Å². The van der Waals surface area contributed by atoms with Crippen LogP contribution >= 0.6 is 11.6 Å². The number of benzene rings is 1. The minimum Gasteiger partial charge on any atom is -0.338 e. The average molecular weight is 295 g/mol. The summed E-state index contributed by atoms with van der Waals surface area (Å²) in [5, 5.41) is 3.74. The second-order valence-corrected chi connectivity index (χ2v) is 5.86. The van der Waals surface area contributed by atoms with E-state index in [0.717, 1.165) is 43.9 Å². The van der Waals surface area contributed by atoms with Crippen molar-refractivity contribution in [3.05, 3.63) is 34.9 Å². The predicted octanol–water partition coefficient (Wildman–Crippen LogP) is 4.03. The van der Waals surface area contributed by atoms with Gasteiger partial charge < -0.3 is 10.2 Å². The molecule has 1 fully saturated rings. The molecule has 1 atom stereocenters. The first-order valence-electron chi connectivity index (χ1n) is 7.49. The summed E-state index contributed by atoms with van der Waals surface area (Å²) in [6.07, 6.45) is 4.37. The molecule has 20 heavy (non-hydrogen) atoms. The van der Waals surface area contributed by atoms with Crippen LogP contribution in [0.15, 0.2) is 24.3 Å². The van der Waals surface area contributed by atoms with Gasteiger partial charge in [-0.25, -0.2) is 4.79 Å². The summed E-state index contributed by atoms with van der Waals surface area (Å²) in [5.74, 6) is 0.419. The van der Waals surface area contributed by atoms with Gasteiger partial charge in [0.1, 0.15) is 0 Å². The first-order chi connectivity index (χ1) is 9.70. The molecule has 0 aromatic heterocycles. The molecule has 2 rings (SSSR count). The molecule has 1 aromatic rings. The average Bonchev–Trinajstić information content (AvgIpc) is 2.71. The highest BCUT2D eigenvalue weighted by Crippen LogP contribution is 2.27. The van der Waals surface area contributed by atoms with Crippen molar-refractivity contribution in [1.29, 1.82) is 0 Å². The number of hydrogen-bond donors (Lipinski definition) is 1. The van der Waals surface area contributed by atoms with Crippen LogP contribution < -0.4 is 5.32 Å². The van der Waals surface area contributed by atoms with Gasteiger partial charge in [0.05, 0.1) is 0 Å². The van der Waals surface area contributed by atoms with Gasteiger partial charge in [-0.1, -0.05) is 37.1 Å². The molecule has 1 N–H and O–H groups in total. The van der Waals surface area contributed by atoms with Crippen LogP contribution in [0.5, 0.6) is 0 Å². The zero-order valence-corrected chi connectivity index (χ0v) is 12.8. The maximum Gasteiger partial charge on any atom is 0.317 e. The smallest absolute Gasteiger partial charge is 0.317 e. The highest BCUT2D eigenvalue weighted by molar-refractivity contribution is 6.30. The van der Waals surface area contributed by atoms with E-state index in [-0.39, 0.29) is 6.03 Å². The van der Waals surface area contributed by atoms with Crippen LogP contribution in [0.4, 0.5) is 4.79 Å². The van der Waals surface area contributed by atoms with Crippen molar-refractivity contribution in [2.45, 2.75) is 38.5 Å². The van der Waals surface area contributed by atoms with E-state index in [0.29, 0.717) is 5.92 Å². The summed E-state index contributed by atoms with van der Waals surface area (Å²) in [5.41, 5.74) is 1.28. The quantitative estimate of drug-likeness (QED) is 0.897. The Bertz CT molecular complexity index is 433. The molecule has 4 heteroatoms. The van der Waals surface area contributed by atoms with Crippen molar-refractivity contribution in [1.82, 2.24) is 10.2 Å². The molecule has 1 aromatic carbocycles. The monoisotopic (exact) mass is 294 g/mol. The maximum atomic E-state index is 12.1. The molecule has 1 aliphatic rings. The standard InChI is InChI=1S/C16H23ClN2O/c1-2-10-18-16(20)19-11-4-3-5-14(12-19)13-6-8-15(17)9-7-13/h6-9,14H,2-5,10-12H2,1H3,(H,18,20). The molecule has 2 amide bonds. The normalized spacial score (nSPS) is 19.5. The fraction of sp³-hybridized carbons (Fsp3) is 0.562. The first-order valence-corrected chi connectivity index (χ1v) is 7.86. The molecular formula is C16H23ClN2O. The molecule has 1 aliphatic heterocycles. The van der Waals surface area contributed by atoms with Crippen LogP contribution in [-0.4, -0.2) is 30.6 Å². The number of carbonyl (C=O) groups excluding carboxylic acids is 1. The molecule has 110 valence electrons. The number of likely N-dealkylation sites (tertiary alicyclic amines) is 1. The van der Waals surface area contributed by atoms with E-state index in [1.54, 1.807) is 0 Å². The topological polar surface area (TPSA) is 32.3 Å². The second kappa shape index (κ2) is 7.53. The lowest BCUT2D eigenvalue weighted by molar-refractivity contribution is 0.197. The van der Waals surface area contributed by atoms with E-state index in [9.17, 15) is 4.79 Å². The van der Waals surface area contributed by atoms with Gasteiger partial charge in [0, 0.05) is 30.6 Å². The van der Waals surface area contributed by atoms with Crippen LogP contribution in [0.1, 0.15) is 44.1 Å². The lowest BCUT2D eigenvalue weighted by Gasteiger charge is -2.25. The lowest BCUT2D eigenvalue weighted by Crippen LogP contribution is -2.42. The minimum absolute atomic E-state index is 0.0766. The van der Waals surface area contributed by atoms with Gasteiger partial charge in [-0.15, -0.1) is 0 Å². The number of urea groups is 1. The Morgan fingerprint density at radius 2 is 2.10 bits per heavy atom. The van der Waals surface area contributed by atoms with Crippen LogP contribution in [0.3, 0.4) is 0 Å². The summed E-state index contributed by atoms with van der Waals surface area (Å²) in [4.78, 5) is 14.1. The fourth-order valence-electron chi connectivity index (χ4n) is 2.68. The molecule has 3 nitrogen and oxygen atoms in total. The van der Waals surface area contributed by atoms with Crippen LogP contribution in [0.2, 0.25) is 5.02 Å². The summed E-state index contributed by atoms with van der Waals surface area (Å²) < 4.78 is 0. The third kappa shape index (κ3) is 4.14. The van der Waals surface area contributed by atoms with Gasteiger partial charge in [0.2, 0.25) is 0 Å². The Balaban J connectivity index is 2.02. The van der Waals surface area contributed by atoms with Gasteiger partial charge in [-0.3, -0.25) is 0 Å². The third-order valence-corrected chi connectivity index (χ3v) is 4.08. The molecular weight excluding hydrogens is 272 g/mol. The molecule has 0 aliphatic carbocycles. The van der Waals surface area contributed by atoms with Crippen molar-refractivity contribution in [2.75, 3.05) is 19.6 Å². The molecule has 0 radical (unpaired) electrons. The van der Waals surface area contributed by atoms with E-state index < -0.39 is 0 Å². The summed E-state index contributed by atoms with van der Waals surface area (Å²) in [7, 11) is 0. The van der Waals surface area contributed by atoms with Crippen molar-refractivity contribution in [2.24, 2.45) is 0 Å². The highest BCUT2D eigenvalue weighted by atomic mass is 35.5. The Labute approximate surface area is 126 Å². The van der Waals surface area contributed by atoms with Gasteiger partial charge >= 0.3 is 6.03 Å². The van der Waals surface area contributed by atoms with Crippen LogP contribution in [0.25, 0.3) is 0 Å². The van der Waals surface area contributed by atoms with E-state index in [1.165, 1.54) is 12.0 Å². The summed E-state index contributed by atoms with van der Waals surface area (Å²) in [6, 6.07) is 8.11. The van der Waals surface area contributed by atoms with E-state index in [2.05, 4.69) is 24.4 Å². The van der Waals surface area contributed by atoms with Gasteiger partial charge in [0.25, 0.3) is 0 Å². The van der Waals surface area contributed by atoms with Crippen molar-refractivity contribution < 1.29 is 4.79 Å². The second-order valence-electron chi connectivity index (χ2n) is 5.42. The van der Waals surface area contributed by atoms with Crippen LogP contribution in [-0.2, 0) is 0 Å². The number of carbonyl (C=O) groups is 1. The van der Waals surface area contributed by atoms with Crippen molar-refractivity contribution in [3.8, 4) is 0 Å². The predicted molar refractivity (Wildman–Crippen MR) is 83.3 cm³/mol. The summed E-state index contributed by atoms with van der Waals surface area (Å²) in [6.45, 7) is 4.48. The van der Waals surface area contributed by atoms with Crippen molar-refractivity contribution >= 4 is 17.6 Å². The summed E-state index contributed by atoms with van der Waals surface area (Å²) >= 11 is 5.94. The maximum absolute atomic E-state index is 12.1. The number of halogens is 1. The largest absolute Gasteiger partial charge is 0.338 e. The zero-order valence-electron chi connectivity index (χ0n) is 12.1. The Morgan fingerprint density at radius 3 is 2.80 bits per heavy atom. The zero-order chi connectivity index (χ0) is 14.4. The Morgan fingerprint density at radius 1 is 1.35 bits per heavy atom. The van der Waals surface area contributed by atoms with Crippen molar-refractivity contribution in [3.63, 3.8) is 0 Å². The number of nitrogens with one attached hydrogen (secondary N) is 1. The molecule has 1 saturated heterocycles. The minimum atomic E-state index is 0.0766. The lowest BCUT2D eigenvalue weighted by atomic mass is 9.94. The number of hydrogen-bond acceptors (Lipinski definition) is 1. The SMILES string of the molecule is CCCNC(=O)N1CCCCC(c2ccc(Cl)cc2)C1. The van der Waals surface area contributed by atoms with Gasteiger partial charge in [0.15, 0.2) is 0 Å². The Kier molecular flexibility index (Phi) is 5.72. The van der Waals surface area contributed by atoms with Crippen LogP contribution in [0, 0.1) is 0 Å². The Hall–Kier alpha value is -1.22. The van der Waals surface area contributed by atoms with E-state index >= 15 is 0 Å². The molecule has 0 saturated carbocycles. The number of nitrogens with zero attached hydrogens (tertiary/aromatic N) is 1. The number of amides is 2. The third-order valence-electron chi connectivity index (χ3n) is 3.83. The molecule has 1 unspecified atom stereocenters. The first kappa shape index (κ1) is 15.2.